The van der Waals surface area contributed by atoms with Gasteiger partial charge in [0.15, 0.2) is 0 Å². The first-order valence-corrected chi connectivity index (χ1v) is 7.82. The van der Waals surface area contributed by atoms with E-state index in [1.807, 2.05) is 0 Å². The molecule has 0 saturated carbocycles. The van der Waals surface area contributed by atoms with Gasteiger partial charge in [-0.3, -0.25) is 0 Å². The van der Waals surface area contributed by atoms with Crippen molar-refractivity contribution in [3.63, 3.8) is 0 Å². The van der Waals surface area contributed by atoms with Crippen LogP contribution >= 0.6 is 23.2 Å². The second kappa shape index (κ2) is 6.08. The molecule has 0 bridgehead atoms. The summed E-state index contributed by atoms with van der Waals surface area (Å²) in [6.45, 7) is 8.18. The number of rotatable bonds is 3. The number of hydrogen-bond acceptors (Lipinski definition) is 2. The van der Waals surface area contributed by atoms with Crippen LogP contribution in [-0.4, -0.2) is 24.7 Å². The number of piperazine rings is 1. The minimum Gasteiger partial charge on any atom is -0.363 e. The molecule has 1 N–H and O–H groups in total. The standard InChI is InChI=1S/C15H21Cl2FN2/c1-4-11-8-19-15(3,5-2)9-20(11)14-12(16)6-10(18)7-13(14)17/h6-7,11,19H,4-5,8-9H2,1-3H3. The van der Waals surface area contributed by atoms with E-state index in [4.69, 9.17) is 23.2 Å². The predicted octanol–water partition coefficient (Wildman–Crippen LogP) is 4.49. The Hall–Kier alpha value is -0.510. The maximum atomic E-state index is 13.4. The third-order valence-electron chi connectivity index (χ3n) is 4.25. The summed E-state index contributed by atoms with van der Waals surface area (Å²) in [6.07, 6.45) is 1.99. The minimum absolute atomic E-state index is 0.0205. The highest BCUT2D eigenvalue weighted by Gasteiger charge is 2.35. The molecule has 1 fully saturated rings. The van der Waals surface area contributed by atoms with Crippen LogP contribution in [-0.2, 0) is 0 Å². The van der Waals surface area contributed by atoms with E-state index in [0.29, 0.717) is 16.1 Å². The molecule has 20 heavy (non-hydrogen) atoms. The Labute approximate surface area is 130 Å². The zero-order chi connectivity index (χ0) is 14.9. The summed E-state index contributed by atoms with van der Waals surface area (Å²) >= 11 is 12.5. The van der Waals surface area contributed by atoms with E-state index < -0.39 is 5.82 Å². The molecule has 0 aliphatic carbocycles. The zero-order valence-corrected chi connectivity index (χ0v) is 13.7. The van der Waals surface area contributed by atoms with Gasteiger partial charge >= 0.3 is 0 Å². The Morgan fingerprint density at radius 1 is 1.35 bits per heavy atom. The molecular formula is C15H21Cl2FN2. The molecule has 1 aliphatic heterocycles. The fraction of sp³-hybridized carbons (Fsp3) is 0.600. The molecular weight excluding hydrogens is 298 g/mol. The van der Waals surface area contributed by atoms with E-state index in [2.05, 4.69) is 31.0 Å². The average Bonchev–Trinajstić information content (AvgIpc) is 2.38. The molecule has 1 aromatic carbocycles. The van der Waals surface area contributed by atoms with Gasteiger partial charge in [0.05, 0.1) is 15.7 Å². The van der Waals surface area contributed by atoms with Gasteiger partial charge in [-0.25, -0.2) is 4.39 Å². The largest absolute Gasteiger partial charge is 0.363 e. The van der Waals surface area contributed by atoms with Gasteiger partial charge in [-0.05, 0) is 31.9 Å². The summed E-state index contributed by atoms with van der Waals surface area (Å²) in [5.41, 5.74) is 0.773. The van der Waals surface area contributed by atoms with Crippen LogP contribution in [0, 0.1) is 5.82 Å². The second-order valence-corrected chi connectivity index (χ2v) is 6.52. The highest BCUT2D eigenvalue weighted by atomic mass is 35.5. The lowest BCUT2D eigenvalue weighted by Crippen LogP contribution is -2.62. The predicted molar refractivity (Wildman–Crippen MR) is 84.5 cm³/mol. The van der Waals surface area contributed by atoms with Crippen molar-refractivity contribution in [3.8, 4) is 0 Å². The second-order valence-electron chi connectivity index (χ2n) is 5.70. The van der Waals surface area contributed by atoms with Crippen LogP contribution < -0.4 is 10.2 Å². The molecule has 112 valence electrons. The number of halogens is 3. The maximum absolute atomic E-state index is 13.4. The molecule has 2 atom stereocenters. The van der Waals surface area contributed by atoms with Crippen LogP contribution in [0.4, 0.5) is 10.1 Å². The van der Waals surface area contributed by atoms with Crippen molar-refractivity contribution in [2.75, 3.05) is 18.0 Å². The van der Waals surface area contributed by atoms with Crippen molar-refractivity contribution in [2.24, 2.45) is 0 Å². The molecule has 5 heteroatoms. The van der Waals surface area contributed by atoms with Gasteiger partial charge in [0, 0.05) is 24.7 Å². The lowest BCUT2D eigenvalue weighted by atomic mass is 9.92. The Kier molecular flexibility index (Phi) is 4.83. The summed E-state index contributed by atoms with van der Waals surface area (Å²) in [6, 6.07) is 2.98. The SMILES string of the molecule is CCC1CNC(C)(CC)CN1c1c(Cl)cc(F)cc1Cl. The quantitative estimate of drug-likeness (QED) is 0.883. The fourth-order valence-electron chi connectivity index (χ4n) is 2.71. The van der Waals surface area contributed by atoms with E-state index in [0.717, 1.165) is 31.6 Å². The fourth-order valence-corrected chi connectivity index (χ4v) is 3.39. The Bertz CT molecular complexity index is 472. The van der Waals surface area contributed by atoms with Crippen LogP contribution in [0.2, 0.25) is 10.0 Å². The summed E-state index contributed by atoms with van der Waals surface area (Å²) < 4.78 is 13.4. The van der Waals surface area contributed by atoms with Crippen molar-refractivity contribution in [3.05, 3.63) is 28.0 Å². The molecule has 0 aromatic heterocycles. The minimum atomic E-state index is -0.398. The maximum Gasteiger partial charge on any atom is 0.126 e. The number of benzene rings is 1. The van der Waals surface area contributed by atoms with Gasteiger partial charge in [0.1, 0.15) is 5.82 Å². The molecule has 2 nitrogen and oxygen atoms in total. The Morgan fingerprint density at radius 2 is 1.95 bits per heavy atom. The summed E-state index contributed by atoms with van der Waals surface area (Å²) in [4.78, 5) is 2.23. The topological polar surface area (TPSA) is 15.3 Å². The van der Waals surface area contributed by atoms with Gasteiger partial charge in [0.2, 0.25) is 0 Å². The first-order chi connectivity index (χ1) is 9.40. The highest BCUT2D eigenvalue weighted by Crippen LogP contribution is 2.38. The smallest absolute Gasteiger partial charge is 0.126 e. The zero-order valence-electron chi connectivity index (χ0n) is 12.1. The highest BCUT2D eigenvalue weighted by molar-refractivity contribution is 6.39. The summed E-state index contributed by atoms with van der Waals surface area (Å²) in [5.74, 6) is -0.398. The van der Waals surface area contributed by atoms with Crippen LogP contribution in [0.5, 0.6) is 0 Å². The monoisotopic (exact) mass is 318 g/mol. The number of anilines is 1. The molecule has 1 aromatic rings. The molecule has 1 saturated heterocycles. The van der Waals surface area contributed by atoms with Gasteiger partial charge in [-0.1, -0.05) is 37.0 Å². The van der Waals surface area contributed by atoms with Crippen molar-refractivity contribution in [1.29, 1.82) is 0 Å². The molecule has 1 aliphatic rings. The van der Waals surface area contributed by atoms with E-state index >= 15 is 0 Å². The summed E-state index contributed by atoms with van der Waals surface area (Å²) in [7, 11) is 0. The third kappa shape index (κ3) is 3.05. The number of nitrogens with one attached hydrogen (secondary N) is 1. The van der Waals surface area contributed by atoms with E-state index in [-0.39, 0.29) is 5.54 Å². The van der Waals surface area contributed by atoms with Gasteiger partial charge < -0.3 is 10.2 Å². The van der Waals surface area contributed by atoms with Gasteiger partial charge in [-0.2, -0.15) is 0 Å². The number of hydrogen-bond donors (Lipinski definition) is 1. The summed E-state index contributed by atoms with van der Waals surface area (Å²) in [5, 5.41) is 4.36. The van der Waals surface area contributed by atoms with Crippen molar-refractivity contribution in [2.45, 2.75) is 45.2 Å². The molecule has 2 rings (SSSR count). The molecule has 0 spiro atoms. The van der Waals surface area contributed by atoms with Crippen LogP contribution in [0.15, 0.2) is 12.1 Å². The van der Waals surface area contributed by atoms with Crippen LogP contribution in [0.1, 0.15) is 33.6 Å². The normalized spacial score (nSPS) is 26.9. The van der Waals surface area contributed by atoms with Crippen LogP contribution in [0.3, 0.4) is 0 Å². The van der Waals surface area contributed by atoms with Crippen molar-refractivity contribution in [1.82, 2.24) is 5.32 Å². The van der Waals surface area contributed by atoms with E-state index in [1.54, 1.807) is 0 Å². The lowest BCUT2D eigenvalue weighted by Gasteiger charge is -2.47. The Morgan fingerprint density at radius 3 is 2.45 bits per heavy atom. The average molecular weight is 319 g/mol. The first-order valence-electron chi connectivity index (χ1n) is 7.06. The lowest BCUT2D eigenvalue weighted by molar-refractivity contribution is 0.276. The van der Waals surface area contributed by atoms with E-state index in [1.165, 1.54) is 12.1 Å². The molecule has 0 amide bonds. The van der Waals surface area contributed by atoms with Gasteiger partial charge in [0.25, 0.3) is 0 Å². The molecule has 0 radical (unpaired) electrons. The van der Waals surface area contributed by atoms with Crippen LogP contribution in [0.25, 0.3) is 0 Å². The van der Waals surface area contributed by atoms with Crippen molar-refractivity contribution >= 4 is 28.9 Å². The number of nitrogens with zero attached hydrogens (tertiary/aromatic N) is 1. The molecule has 2 unspecified atom stereocenters. The van der Waals surface area contributed by atoms with Gasteiger partial charge in [-0.15, -0.1) is 0 Å². The molecule has 1 heterocycles. The Balaban J connectivity index is 2.42. The van der Waals surface area contributed by atoms with E-state index in [9.17, 15) is 4.39 Å². The first kappa shape index (κ1) is 15.9. The third-order valence-corrected chi connectivity index (χ3v) is 4.82. The van der Waals surface area contributed by atoms with Crippen molar-refractivity contribution < 1.29 is 4.39 Å².